The molecule has 0 N–H and O–H groups in total. The van der Waals surface area contributed by atoms with Crippen molar-refractivity contribution in [2.75, 3.05) is 25.0 Å². The number of carbonyl (C=O) groups is 1. The minimum Gasteiger partial charge on any atom is -0.450 e. The molecule has 0 saturated carbocycles. The summed E-state index contributed by atoms with van der Waals surface area (Å²) in [7, 11) is 1.79. The van der Waals surface area contributed by atoms with E-state index in [9.17, 15) is 4.79 Å². The fraction of sp³-hybridized carbons (Fsp3) is 0.450. The quantitative estimate of drug-likeness (QED) is 0.685. The van der Waals surface area contributed by atoms with Gasteiger partial charge in [-0.15, -0.1) is 0 Å². The number of para-hydroxylation sites is 1. The van der Waals surface area contributed by atoms with Gasteiger partial charge in [0.15, 0.2) is 11.4 Å². The molecule has 3 heterocycles. The van der Waals surface area contributed by atoms with Gasteiger partial charge in [0.25, 0.3) is 0 Å². The first kappa shape index (κ1) is 17.6. The van der Waals surface area contributed by atoms with Crippen molar-refractivity contribution >= 4 is 34.0 Å². The molecule has 0 aliphatic carbocycles. The molecule has 27 heavy (non-hydrogen) atoms. The van der Waals surface area contributed by atoms with Crippen LogP contribution in [-0.2, 0) is 4.74 Å². The Balaban J connectivity index is 1.58. The van der Waals surface area contributed by atoms with Crippen molar-refractivity contribution in [3.05, 3.63) is 30.6 Å². The fourth-order valence-electron chi connectivity index (χ4n) is 3.47. The predicted molar refractivity (Wildman–Crippen MR) is 104 cm³/mol. The van der Waals surface area contributed by atoms with Gasteiger partial charge in [0, 0.05) is 25.5 Å². The molecule has 4 rings (SSSR count). The lowest BCUT2D eigenvalue weighted by atomic mass is 10.2. The number of fused-ring (bicyclic) bond motifs is 3. The first-order valence-electron chi connectivity index (χ1n) is 9.16. The van der Waals surface area contributed by atoms with Crippen LogP contribution in [0.25, 0.3) is 22.1 Å². The minimum atomic E-state index is -0.503. The molecular formula is C20H24N4O3. The van der Waals surface area contributed by atoms with Gasteiger partial charge >= 0.3 is 6.09 Å². The zero-order valence-electron chi connectivity index (χ0n) is 16.1. The zero-order chi connectivity index (χ0) is 19.2. The number of anilines is 1. The van der Waals surface area contributed by atoms with Gasteiger partial charge in [-0.3, -0.25) is 0 Å². The average Bonchev–Trinajstić information content (AvgIpc) is 3.24. The van der Waals surface area contributed by atoms with Crippen molar-refractivity contribution in [2.45, 2.75) is 38.8 Å². The molecule has 1 fully saturated rings. The van der Waals surface area contributed by atoms with E-state index in [-0.39, 0.29) is 12.1 Å². The molecule has 1 amide bonds. The molecule has 2 aromatic heterocycles. The summed E-state index contributed by atoms with van der Waals surface area (Å²) in [6.45, 7) is 7.09. The number of hydrogen-bond acceptors (Lipinski definition) is 6. The number of furan rings is 1. The van der Waals surface area contributed by atoms with Crippen molar-refractivity contribution in [2.24, 2.45) is 0 Å². The van der Waals surface area contributed by atoms with E-state index in [2.05, 4.69) is 14.9 Å². The van der Waals surface area contributed by atoms with Crippen LogP contribution in [0.1, 0.15) is 27.2 Å². The van der Waals surface area contributed by atoms with Gasteiger partial charge in [0.05, 0.1) is 6.04 Å². The number of benzene rings is 1. The number of aromatic nitrogens is 2. The average molecular weight is 368 g/mol. The van der Waals surface area contributed by atoms with Gasteiger partial charge in [-0.25, -0.2) is 14.8 Å². The lowest BCUT2D eigenvalue weighted by Gasteiger charge is -2.28. The van der Waals surface area contributed by atoms with Gasteiger partial charge < -0.3 is 19.0 Å². The lowest BCUT2D eigenvalue weighted by molar-refractivity contribution is 0.0238. The second-order valence-corrected chi connectivity index (χ2v) is 7.95. The van der Waals surface area contributed by atoms with E-state index < -0.39 is 5.60 Å². The number of carbonyl (C=O) groups excluding carboxylic acids is 1. The third kappa shape index (κ3) is 3.29. The van der Waals surface area contributed by atoms with Gasteiger partial charge in [0.2, 0.25) is 0 Å². The van der Waals surface area contributed by atoms with Crippen LogP contribution in [0, 0.1) is 0 Å². The third-order valence-corrected chi connectivity index (χ3v) is 4.83. The molecule has 1 unspecified atom stereocenters. The first-order valence-corrected chi connectivity index (χ1v) is 9.16. The Hall–Kier alpha value is -2.83. The number of rotatable bonds is 2. The highest BCUT2D eigenvalue weighted by molar-refractivity contribution is 6.05. The molecule has 3 aromatic rings. The highest BCUT2D eigenvalue weighted by Crippen LogP contribution is 2.33. The number of amides is 1. The van der Waals surface area contributed by atoms with E-state index in [0.717, 1.165) is 35.3 Å². The number of ether oxygens (including phenoxy) is 1. The van der Waals surface area contributed by atoms with Crippen molar-refractivity contribution in [3.8, 4) is 0 Å². The standard InChI is InChI=1S/C20H24N4O3/c1-20(2,3)27-19(25)23(4)13-9-10-24(11-13)18-17-16(21-12-22-18)14-7-5-6-8-15(14)26-17/h5-8,12-13H,9-11H2,1-4H3. The Morgan fingerprint density at radius 1 is 1.30 bits per heavy atom. The van der Waals surface area contributed by atoms with Crippen LogP contribution < -0.4 is 4.90 Å². The smallest absolute Gasteiger partial charge is 0.410 e. The van der Waals surface area contributed by atoms with Gasteiger partial charge in [-0.05, 0) is 39.3 Å². The minimum absolute atomic E-state index is 0.0641. The summed E-state index contributed by atoms with van der Waals surface area (Å²) in [6.07, 6.45) is 2.12. The van der Waals surface area contributed by atoms with Gasteiger partial charge in [-0.1, -0.05) is 12.1 Å². The topological polar surface area (TPSA) is 71.7 Å². The maximum Gasteiger partial charge on any atom is 0.410 e. The van der Waals surface area contributed by atoms with E-state index >= 15 is 0 Å². The Morgan fingerprint density at radius 3 is 2.85 bits per heavy atom. The summed E-state index contributed by atoms with van der Waals surface area (Å²) in [5, 5.41) is 0.984. The molecule has 1 saturated heterocycles. The highest BCUT2D eigenvalue weighted by Gasteiger charge is 2.32. The summed E-state index contributed by atoms with van der Waals surface area (Å²) in [5.41, 5.74) is 1.81. The molecule has 0 spiro atoms. The van der Waals surface area contributed by atoms with Gasteiger partial charge in [-0.2, -0.15) is 0 Å². The summed E-state index contributed by atoms with van der Waals surface area (Å²) in [4.78, 5) is 25.1. The summed E-state index contributed by atoms with van der Waals surface area (Å²) in [6, 6.07) is 7.92. The highest BCUT2D eigenvalue weighted by atomic mass is 16.6. The van der Waals surface area contributed by atoms with Gasteiger partial charge in [0.1, 0.15) is 23.0 Å². The Bertz CT molecular complexity index is 992. The molecule has 142 valence electrons. The van der Waals surface area contributed by atoms with Crippen LogP contribution in [0.3, 0.4) is 0 Å². The number of nitrogens with zero attached hydrogens (tertiary/aromatic N) is 4. The van der Waals surface area contributed by atoms with E-state index in [4.69, 9.17) is 9.15 Å². The maximum atomic E-state index is 12.4. The summed E-state index contributed by atoms with van der Waals surface area (Å²) >= 11 is 0. The molecule has 1 aliphatic rings. The fourth-order valence-corrected chi connectivity index (χ4v) is 3.47. The van der Waals surface area contributed by atoms with Crippen molar-refractivity contribution < 1.29 is 13.9 Å². The Labute approximate surface area is 157 Å². The number of likely N-dealkylation sites (N-methyl/N-ethyl adjacent to an activating group) is 1. The van der Waals surface area contributed by atoms with E-state index in [0.29, 0.717) is 12.1 Å². The van der Waals surface area contributed by atoms with E-state index in [1.165, 1.54) is 0 Å². The Morgan fingerprint density at radius 2 is 2.07 bits per heavy atom. The van der Waals surface area contributed by atoms with Crippen molar-refractivity contribution in [1.82, 2.24) is 14.9 Å². The van der Waals surface area contributed by atoms with Crippen LogP contribution in [0.15, 0.2) is 35.0 Å². The van der Waals surface area contributed by atoms with Crippen LogP contribution >= 0.6 is 0 Å². The van der Waals surface area contributed by atoms with Crippen LogP contribution in [0.5, 0.6) is 0 Å². The van der Waals surface area contributed by atoms with E-state index in [1.54, 1.807) is 18.3 Å². The number of hydrogen-bond donors (Lipinski definition) is 0. The summed E-state index contributed by atoms with van der Waals surface area (Å²) < 4.78 is 11.5. The Kier molecular flexibility index (Phi) is 4.17. The molecule has 7 nitrogen and oxygen atoms in total. The molecule has 1 aromatic carbocycles. The normalized spacial score (nSPS) is 17.6. The molecular weight excluding hydrogens is 344 g/mol. The second-order valence-electron chi connectivity index (χ2n) is 7.95. The lowest BCUT2D eigenvalue weighted by Crippen LogP contribution is -2.42. The molecule has 0 bridgehead atoms. The molecule has 1 aliphatic heterocycles. The first-order chi connectivity index (χ1) is 12.8. The maximum absolute atomic E-state index is 12.4. The molecule has 7 heteroatoms. The monoisotopic (exact) mass is 368 g/mol. The zero-order valence-corrected chi connectivity index (χ0v) is 16.1. The third-order valence-electron chi connectivity index (χ3n) is 4.83. The van der Waals surface area contributed by atoms with Crippen LogP contribution in [0.4, 0.5) is 10.6 Å². The summed E-state index contributed by atoms with van der Waals surface area (Å²) in [5.74, 6) is 0.774. The second kappa shape index (κ2) is 6.40. The van der Waals surface area contributed by atoms with Crippen molar-refractivity contribution in [1.29, 1.82) is 0 Å². The largest absolute Gasteiger partial charge is 0.450 e. The molecule has 0 radical (unpaired) electrons. The van der Waals surface area contributed by atoms with Crippen LogP contribution in [-0.4, -0.2) is 52.7 Å². The van der Waals surface area contributed by atoms with Crippen LogP contribution in [0.2, 0.25) is 0 Å². The molecule has 1 atom stereocenters. The van der Waals surface area contributed by atoms with Crippen molar-refractivity contribution in [3.63, 3.8) is 0 Å². The predicted octanol–water partition coefficient (Wildman–Crippen LogP) is 3.82. The SMILES string of the molecule is CN(C(=O)OC(C)(C)C)C1CCN(c2ncnc3c2oc2ccccc23)C1. The van der Waals surface area contributed by atoms with E-state index in [1.807, 2.05) is 45.0 Å².